The first-order valence-corrected chi connectivity index (χ1v) is 8.72. The third kappa shape index (κ3) is 143. The maximum Gasteiger partial charge on any atom is 0.0223 e. The van der Waals surface area contributed by atoms with E-state index in [2.05, 4.69) is 27.0 Å². The van der Waals surface area contributed by atoms with Crippen molar-refractivity contribution in [3.8, 4) is 0 Å². The highest BCUT2D eigenvalue weighted by atomic mass is 35.5. The van der Waals surface area contributed by atoms with Crippen LogP contribution in [0, 0.1) is 0 Å². The number of rotatable bonds is 6. The first-order chi connectivity index (χ1) is 9.29. The molecule has 0 radical (unpaired) electrons. The Bertz CT molecular complexity index is 138. The molecule has 0 aromatic heterocycles. The Hall–Kier alpha value is 0.0600. The van der Waals surface area contributed by atoms with Crippen LogP contribution in [0.2, 0.25) is 0 Å². The lowest BCUT2D eigenvalue weighted by Gasteiger charge is -1.84. The van der Waals surface area contributed by atoms with Crippen LogP contribution in [0.3, 0.4) is 0 Å². The first kappa shape index (κ1) is 28.3. The molecule has 0 spiro atoms. The summed E-state index contributed by atoms with van der Waals surface area (Å²) in [7, 11) is 0. The molecular weight excluding hydrogens is 287 g/mol. The highest BCUT2D eigenvalue weighted by molar-refractivity contribution is 6.18. The monoisotopic (exact) mass is 324 g/mol. The van der Waals surface area contributed by atoms with Crippen molar-refractivity contribution in [1.29, 1.82) is 0 Å². The van der Waals surface area contributed by atoms with Crippen LogP contribution in [0.15, 0.2) is 24.3 Å². The minimum atomic E-state index is 0.827. The van der Waals surface area contributed by atoms with Crippen LogP contribution in [-0.2, 0) is 0 Å². The van der Waals surface area contributed by atoms with E-state index in [9.17, 15) is 0 Å². The average molecular weight is 325 g/mol. The second kappa shape index (κ2) is 31.4. The van der Waals surface area contributed by atoms with E-state index in [0.29, 0.717) is 0 Å². The minimum absolute atomic E-state index is 0.827. The van der Waals surface area contributed by atoms with E-state index in [-0.39, 0.29) is 0 Å². The summed E-state index contributed by atoms with van der Waals surface area (Å²) in [5.41, 5.74) is 2.33. The van der Waals surface area contributed by atoms with Gasteiger partial charge in [-0.15, -0.1) is 36.4 Å². The average Bonchev–Trinajstić information content (AvgIpc) is 2.33. The van der Waals surface area contributed by atoms with Gasteiger partial charge in [-0.2, -0.15) is 0 Å². The maximum atomic E-state index is 5.38. The summed E-state index contributed by atoms with van der Waals surface area (Å²) >= 11 is 10.8. The van der Waals surface area contributed by atoms with E-state index in [1.807, 2.05) is 27.7 Å². The summed E-state index contributed by atoms with van der Waals surface area (Å²) in [4.78, 5) is 0. The van der Waals surface area contributed by atoms with Gasteiger partial charge in [0.25, 0.3) is 0 Å². The van der Waals surface area contributed by atoms with Crippen molar-refractivity contribution < 1.29 is 0 Å². The molecule has 0 amide bonds. The van der Waals surface area contributed by atoms with Gasteiger partial charge in [0.05, 0.1) is 0 Å². The van der Waals surface area contributed by atoms with Crippen molar-refractivity contribution in [2.45, 2.75) is 80.1 Å². The zero-order chi connectivity index (χ0) is 16.8. The van der Waals surface area contributed by atoms with Crippen LogP contribution in [0.4, 0.5) is 0 Å². The van der Waals surface area contributed by atoms with Gasteiger partial charge >= 0.3 is 0 Å². The van der Waals surface area contributed by atoms with Gasteiger partial charge in [-0.1, -0.05) is 50.7 Å². The molecule has 0 nitrogen and oxygen atoms in total. The fourth-order valence-electron chi connectivity index (χ4n) is 0.689. The zero-order valence-corrected chi connectivity index (χ0v) is 16.3. The Morgan fingerprint density at radius 1 is 0.650 bits per heavy atom. The molecule has 0 aliphatic rings. The van der Waals surface area contributed by atoms with Crippen molar-refractivity contribution in [3.05, 3.63) is 24.3 Å². The summed E-state index contributed by atoms with van der Waals surface area (Å²) in [5.74, 6) is 1.65. The van der Waals surface area contributed by atoms with E-state index in [1.165, 1.54) is 49.7 Å². The van der Waals surface area contributed by atoms with Crippen molar-refractivity contribution in [2.24, 2.45) is 0 Å². The lowest BCUT2D eigenvalue weighted by molar-refractivity contribution is 0.776. The van der Waals surface area contributed by atoms with Crippen molar-refractivity contribution >= 4 is 23.2 Å². The molecule has 0 fully saturated rings. The van der Waals surface area contributed by atoms with Crippen molar-refractivity contribution in [2.75, 3.05) is 11.8 Å². The Kier molecular flexibility index (Phi) is 44.4. The second-order valence-corrected chi connectivity index (χ2v) is 5.96. The summed E-state index contributed by atoms with van der Waals surface area (Å²) < 4.78 is 0. The Morgan fingerprint density at radius 2 is 0.850 bits per heavy atom. The van der Waals surface area contributed by atoms with Crippen LogP contribution in [-0.4, -0.2) is 11.8 Å². The zero-order valence-electron chi connectivity index (χ0n) is 14.8. The molecule has 124 valence electrons. The molecule has 0 N–H and O–H groups in total. The number of allylic oxidation sites excluding steroid dienone is 2. The smallest absolute Gasteiger partial charge is 0.0223 e. The highest BCUT2D eigenvalue weighted by Gasteiger charge is 1.77. The summed E-state index contributed by atoms with van der Waals surface area (Å²) in [6.45, 7) is 19.3. The van der Waals surface area contributed by atoms with Crippen LogP contribution in [0.1, 0.15) is 80.1 Å². The van der Waals surface area contributed by atoms with Gasteiger partial charge in [-0.05, 0) is 40.5 Å². The largest absolute Gasteiger partial charge is 0.127 e. The lowest BCUT2D eigenvalue weighted by atomic mass is 10.3. The topological polar surface area (TPSA) is 0 Å². The van der Waals surface area contributed by atoms with Crippen molar-refractivity contribution in [1.82, 2.24) is 0 Å². The molecule has 0 saturated carbocycles. The highest BCUT2D eigenvalue weighted by Crippen LogP contribution is 1.94. The summed E-state index contributed by atoms with van der Waals surface area (Å²) in [6.07, 6.45) is 7.46. The fourth-order valence-corrected chi connectivity index (χ4v) is 1.07. The van der Waals surface area contributed by atoms with E-state index in [1.54, 1.807) is 0 Å². The van der Waals surface area contributed by atoms with Crippen LogP contribution < -0.4 is 0 Å². The number of unbranched alkanes of at least 4 members (excludes halogenated alkanes) is 4. The third-order valence-electron chi connectivity index (χ3n) is 1.47. The van der Waals surface area contributed by atoms with E-state index in [0.717, 1.165) is 11.8 Å². The molecule has 0 aliphatic heterocycles. The molecule has 0 aliphatic carbocycles. The molecule has 0 aromatic carbocycles. The molecule has 0 heterocycles. The third-order valence-corrected chi connectivity index (χ3v) is 2.01. The normalized spacial score (nSPS) is 8.00. The predicted octanol–water partition coefficient (Wildman–Crippen LogP) is 8.00. The van der Waals surface area contributed by atoms with Crippen LogP contribution in [0.5, 0.6) is 0 Å². The van der Waals surface area contributed by atoms with E-state index >= 15 is 0 Å². The Morgan fingerprint density at radius 3 is 0.900 bits per heavy atom. The predicted molar refractivity (Wildman–Crippen MR) is 101 cm³/mol. The molecule has 0 atom stereocenters. The number of hydrogen-bond donors (Lipinski definition) is 0. The number of alkyl halides is 2. The van der Waals surface area contributed by atoms with E-state index < -0.39 is 0 Å². The van der Waals surface area contributed by atoms with Gasteiger partial charge in [0.15, 0.2) is 0 Å². The van der Waals surface area contributed by atoms with Gasteiger partial charge in [0.1, 0.15) is 0 Å². The molecule has 0 bridgehead atoms. The summed E-state index contributed by atoms with van der Waals surface area (Å²) in [6, 6.07) is 0. The maximum absolute atomic E-state index is 5.38. The van der Waals surface area contributed by atoms with Gasteiger partial charge in [-0.3, -0.25) is 0 Å². The molecule has 0 aromatic rings. The summed E-state index contributed by atoms with van der Waals surface area (Å²) in [5, 5.41) is 0. The van der Waals surface area contributed by atoms with Crippen LogP contribution in [0.25, 0.3) is 0 Å². The van der Waals surface area contributed by atoms with Gasteiger partial charge < -0.3 is 0 Å². The van der Waals surface area contributed by atoms with Gasteiger partial charge in [0.2, 0.25) is 0 Å². The molecule has 0 unspecified atom stereocenters. The standard InChI is InChI=1S/2C5H11Cl.2C4H8/c2*1-2-3-4-5-6;2*1-4(2)3/h2*2-5H2,1H3;2*1H2,2-3H3. The SMILES string of the molecule is C=C(C)C.C=C(C)C.CCCCCCl.CCCCCCl. The molecular formula is C18H38Cl2. The molecule has 0 saturated heterocycles. The number of hydrogen-bond acceptors (Lipinski definition) is 0. The fraction of sp³-hybridized carbons (Fsp3) is 0.778. The van der Waals surface area contributed by atoms with Gasteiger partial charge in [-0.25, -0.2) is 0 Å². The Labute approximate surface area is 139 Å². The van der Waals surface area contributed by atoms with Crippen molar-refractivity contribution in [3.63, 3.8) is 0 Å². The molecule has 20 heavy (non-hydrogen) atoms. The second-order valence-electron chi connectivity index (χ2n) is 5.21. The first-order valence-electron chi connectivity index (χ1n) is 7.66. The molecule has 0 rings (SSSR count). The van der Waals surface area contributed by atoms with E-state index in [4.69, 9.17) is 23.2 Å². The minimum Gasteiger partial charge on any atom is -0.127 e. The molecule has 2 heteroatoms. The lowest BCUT2D eigenvalue weighted by Crippen LogP contribution is -1.70. The number of halogens is 2. The quantitative estimate of drug-likeness (QED) is 0.264. The van der Waals surface area contributed by atoms with Gasteiger partial charge in [0, 0.05) is 11.8 Å². The Balaban J connectivity index is -0.0000000871. The van der Waals surface area contributed by atoms with Crippen LogP contribution >= 0.6 is 23.2 Å².